The smallest absolute Gasteiger partial charge is 0.344 e. The van der Waals surface area contributed by atoms with Crippen LogP contribution in [0.4, 0.5) is 0 Å². The molecule has 1 aromatic heterocycles. The second-order valence-corrected chi connectivity index (χ2v) is 6.88. The van der Waals surface area contributed by atoms with Gasteiger partial charge in [0.05, 0.1) is 12.0 Å². The number of methoxy groups -OCH3 is 1. The van der Waals surface area contributed by atoms with Crippen molar-refractivity contribution < 1.29 is 28.2 Å². The standard InChI is InChI=1S/C23H24O7/c1-15(2)17-6-4-5-7-19(17)30-21-13-29-20-12-16(8-9-18(20)23(21)25)28-14-22(24)27-11-10-26-3/h4-9,12-13,15H,10-11,14H2,1-3H3. The minimum absolute atomic E-state index is 0.103. The predicted molar refractivity (Wildman–Crippen MR) is 111 cm³/mol. The highest BCUT2D eigenvalue weighted by Crippen LogP contribution is 2.30. The molecule has 3 rings (SSSR count). The number of carbonyl (C=O) groups is 1. The molecular formula is C23H24O7. The maximum Gasteiger partial charge on any atom is 0.344 e. The van der Waals surface area contributed by atoms with Crippen molar-refractivity contribution in [1.29, 1.82) is 0 Å². The van der Waals surface area contributed by atoms with E-state index >= 15 is 0 Å². The van der Waals surface area contributed by atoms with E-state index in [9.17, 15) is 9.59 Å². The van der Waals surface area contributed by atoms with Gasteiger partial charge in [0.25, 0.3) is 0 Å². The summed E-state index contributed by atoms with van der Waals surface area (Å²) in [5, 5.41) is 0.351. The van der Waals surface area contributed by atoms with Crippen molar-refractivity contribution in [2.24, 2.45) is 0 Å². The molecule has 2 aromatic carbocycles. The molecule has 0 unspecified atom stereocenters. The molecule has 0 saturated carbocycles. The van der Waals surface area contributed by atoms with Gasteiger partial charge in [0.1, 0.15) is 30.0 Å². The topological polar surface area (TPSA) is 84.2 Å². The normalized spacial score (nSPS) is 10.9. The highest BCUT2D eigenvalue weighted by molar-refractivity contribution is 5.79. The minimum Gasteiger partial charge on any atom is -0.482 e. The monoisotopic (exact) mass is 412 g/mol. The first-order valence-electron chi connectivity index (χ1n) is 9.59. The largest absolute Gasteiger partial charge is 0.482 e. The Balaban J connectivity index is 1.75. The molecule has 0 fully saturated rings. The Morgan fingerprint density at radius 1 is 1.07 bits per heavy atom. The van der Waals surface area contributed by atoms with E-state index in [1.807, 2.05) is 24.3 Å². The molecule has 0 saturated heterocycles. The van der Waals surface area contributed by atoms with Gasteiger partial charge in [-0.25, -0.2) is 4.79 Å². The van der Waals surface area contributed by atoms with E-state index in [0.717, 1.165) is 5.56 Å². The molecule has 7 heteroatoms. The van der Waals surface area contributed by atoms with Crippen LogP contribution in [0, 0.1) is 0 Å². The Hall–Kier alpha value is -3.32. The number of fused-ring (bicyclic) bond motifs is 1. The van der Waals surface area contributed by atoms with Crippen molar-refractivity contribution >= 4 is 16.9 Å². The number of hydrogen-bond donors (Lipinski definition) is 0. The maximum absolute atomic E-state index is 12.8. The van der Waals surface area contributed by atoms with E-state index in [0.29, 0.717) is 29.1 Å². The Morgan fingerprint density at radius 2 is 1.87 bits per heavy atom. The summed E-state index contributed by atoms with van der Waals surface area (Å²) in [6, 6.07) is 12.3. The van der Waals surface area contributed by atoms with Crippen LogP contribution in [0.25, 0.3) is 11.0 Å². The highest BCUT2D eigenvalue weighted by Gasteiger charge is 2.14. The third kappa shape index (κ3) is 5.18. The van der Waals surface area contributed by atoms with E-state index < -0.39 is 5.97 Å². The van der Waals surface area contributed by atoms with Gasteiger partial charge in [0.15, 0.2) is 6.61 Å². The Bertz CT molecular complexity index is 1070. The zero-order chi connectivity index (χ0) is 21.5. The summed E-state index contributed by atoms with van der Waals surface area (Å²) in [7, 11) is 1.52. The summed E-state index contributed by atoms with van der Waals surface area (Å²) < 4.78 is 26.6. The quantitative estimate of drug-likeness (QED) is 0.383. The first-order valence-corrected chi connectivity index (χ1v) is 9.59. The van der Waals surface area contributed by atoms with Crippen LogP contribution in [-0.4, -0.2) is 32.9 Å². The molecule has 0 atom stereocenters. The van der Waals surface area contributed by atoms with Gasteiger partial charge in [-0.3, -0.25) is 4.79 Å². The molecule has 0 aliphatic heterocycles. The van der Waals surface area contributed by atoms with Gasteiger partial charge in [-0.1, -0.05) is 32.0 Å². The summed E-state index contributed by atoms with van der Waals surface area (Å²) >= 11 is 0. The second-order valence-electron chi connectivity index (χ2n) is 6.88. The third-order valence-corrected chi connectivity index (χ3v) is 4.38. The van der Waals surface area contributed by atoms with Crippen LogP contribution in [0.5, 0.6) is 17.2 Å². The average Bonchev–Trinajstić information content (AvgIpc) is 2.74. The van der Waals surface area contributed by atoms with E-state index in [4.69, 9.17) is 23.4 Å². The fourth-order valence-corrected chi connectivity index (χ4v) is 2.84. The number of hydrogen-bond acceptors (Lipinski definition) is 7. The van der Waals surface area contributed by atoms with Crippen LogP contribution in [0.3, 0.4) is 0 Å². The minimum atomic E-state index is -0.513. The summed E-state index contributed by atoms with van der Waals surface area (Å²) in [4.78, 5) is 24.4. The first-order chi connectivity index (χ1) is 14.5. The van der Waals surface area contributed by atoms with Crippen LogP contribution in [0.1, 0.15) is 25.3 Å². The summed E-state index contributed by atoms with van der Waals surface area (Å²) in [5.41, 5.74) is 1.04. The van der Waals surface area contributed by atoms with Crippen LogP contribution in [-0.2, 0) is 14.3 Å². The van der Waals surface area contributed by atoms with Crippen molar-refractivity contribution in [1.82, 2.24) is 0 Å². The van der Waals surface area contributed by atoms with Gasteiger partial charge in [-0.15, -0.1) is 0 Å². The molecular weight excluding hydrogens is 388 g/mol. The predicted octanol–water partition coefficient (Wildman–Crippen LogP) is 4.28. The number of carbonyl (C=O) groups excluding carboxylic acids is 1. The summed E-state index contributed by atoms with van der Waals surface area (Å²) in [5.74, 6) is 0.834. The van der Waals surface area contributed by atoms with Crippen molar-refractivity contribution in [2.75, 3.05) is 26.9 Å². The highest BCUT2D eigenvalue weighted by atomic mass is 16.6. The van der Waals surface area contributed by atoms with Crippen LogP contribution in [0.15, 0.2) is 57.9 Å². The lowest BCUT2D eigenvalue weighted by atomic mass is 10.0. The van der Waals surface area contributed by atoms with E-state index in [-0.39, 0.29) is 30.3 Å². The summed E-state index contributed by atoms with van der Waals surface area (Å²) in [6.07, 6.45) is 1.28. The zero-order valence-electron chi connectivity index (χ0n) is 17.2. The van der Waals surface area contributed by atoms with Gasteiger partial charge in [0, 0.05) is 13.2 Å². The van der Waals surface area contributed by atoms with Crippen molar-refractivity contribution in [3.63, 3.8) is 0 Å². The number of rotatable bonds is 9. The molecule has 0 spiro atoms. The Labute approximate surface area is 174 Å². The van der Waals surface area contributed by atoms with Gasteiger partial charge < -0.3 is 23.4 Å². The van der Waals surface area contributed by atoms with Gasteiger partial charge in [0.2, 0.25) is 11.2 Å². The molecule has 0 aliphatic rings. The van der Waals surface area contributed by atoms with Crippen LogP contribution < -0.4 is 14.9 Å². The molecule has 0 aliphatic carbocycles. The van der Waals surface area contributed by atoms with Crippen LogP contribution in [0.2, 0.25) is 0 Å². The van der Waals surface area contributed by atoms with Gasteiger partial charge >= 0.3 is 5.97 Å². The lowest BCUT2D eigenvalue weighted by Gasteiger charge is -2.13. The average molecular weight is 412 g/mol. The maximum atomic E-state index is 12.8. The van der Waals surface area contributed by atoms with Crippen LogP contribution >= 0.6 is 0 Å². The fraction of sp³-hybridized carbons (Fsp3) is 0.304. The van der Waals surface area contributed by atoms with E-state index in [1.54, 1.807) is 18.2 Å². The molecule has 0 amide bonds. The van der Waals surface area contributed by atoms with Gasteiger partial charge in [-0.2, -0.15) is 0 Å². The number of esters is 1. The molecule has 1 heterocycles. The molecule has 0 bridgehead atoms. The van der Waals surface area contributed by atoms with Gasteiger partial charge in [-0.05, 0) is 29.7 Å². The summed E-state index contributed by atoms with van der Waals surface area (Å²) in [6.45, 7) is 4.33. The zero-order valence-corrected chi connectivity index (χ0v) is 17.2. The SMILES string of the molecule is COCCOC(=O)COc1ccc2c(=O)c(Oc3ccccc3C(C)C)coc2c1. The molecule has 30 heavy (non-hydrogen) atoms. The van der Waals surface area contributed by atoms with E-state index in [2.05, 4.69) is 13.8 Å². The lowest BCUT2D eigenvalue weighted by Crippen LogP contribution is -2.17. The molecule has 7 nitrogen and oxygen atoms in total. The van der Waals surface area contributed by atoms with Crippen molar-refractivity contribution in [2.45, 2.75) is 19.8 Å². The molecule has 158 valence electrons. The number of para-hydroxylation sites is 1. The molecule has 3 aromatic rings. The number of benzene rings is 2. The van der Waals surface area contributed by atoms with E-state index in [1.165, 1.54) is 13.4 Å². The number of ether oxygens (including phenoxy) is 4. The third-order valence-electron chi connectivity index (χ3n) is 4.38. The fourth-order valence-electron chi connectivity index (χ4n) is 2.84. The second kappa shape index (κ2) is 9.93. The van der Waals surface area contributed by atoms with Crippen molar-refractivity contribution in [3.8, 4) is 17.2 Å². The Morgan fingerprint density at radius 3 is 2.63 bits per heavy atom. The lowest BCUT2D eigenvalue weighted by molar-refractivity contribution is -0.147. The molecule has 0 N–H and O–H groups in total. The van der Waals surface area contributed by atoms with Crippen molar-refractivity contribution in [3.05, 3.63) is 64.5 Å². The Kier molecular flexibility index (Phi) is 7.08. The first kappa shape index (κ1) is 21.4. The molecule has 0 radical (unpaired) electrons.